The van der Waals surface area contributed by atoms with Crippen molar-refractivity contribution < 1.29 is 9.53 Å². The third-order valence-electron chi connectivity index (χ3n) is 4.67. The van der Waals surface area contributed by atoms with Gasteiger partial charge in [-0.2, -0.15) is 0 Å². The summed E-state index contributed by atoms with van der Waals surface area (Å²) in [6.07, 6.45) is 3.52. The summed E-state index contributed by atoms with van der Waals surface area (Å²) in [5, 5.41) is 5.16. The van der Waals surface area contributed by atoms with Gasteiger partial charge in [0.05, 0.1) is 19.3 Å². The first-order valence-electron chi connectivity index (χ1n) is 9.02. The van der Waals surface area contributed by atoms with Gasteiger partial charge in [0.1, 0.15) is 0 Å². The highest BCUT2D eigenvalue weighted by molar-refractivity contribution is 7.10. The van der Waals surface area contributed by atoms with E-state index in [1.807, 2.05) is 6.08 Å². The van der Waals surface area contributed by atoms with Crippen LogP contribution in [0, 0.1) is 13.8 Å². The van der Waals surface area contributed by atoms with Crippen LogP contribution in [0.3, 0.4) is 0 Å². The van der Waals surface area contributed by atoms with Crippen LogP contribution in [0.5, 0.6) is 0 Å². The number of ether oxygens (including phenoxy) is 1. The molecule has 1 aromatic carbocycles. The van der Waals surface area contributed by atoms with Gasteiger partial charge in [0.2, 0.25) is 5.91 Å². The number of aryl methyl sites for hydroxylation is 2. The lowest BCUT2D eigenvalue weighted by molar-refractivity contribution is -0.116. The summed E-state index contributed by atoms with van der Waals surface area (Å²) in [6, 6.07) is 10.7. The normalized spacial score (nSPS) is 16.7. The topological polar surface area (TPSA) is 41.6 Å². The molecule has 1 aliphatic heterocycles. The number of morpholine rings is 1. The average molecular weight is 371 g/mol. The second-order valence-corrected chi connectivity index (χ2v) is 7.60. The summed E-state index contributed by atoms with van der Waals surface area (Å²) in [5.74, 6) is -0.0557. The maximum atomic E-state index is 12.3. The fourth-order valence-corrected chi connectivity index (χ4v) is 4.07. The average Bonchev–Trinajstić information content (AvgIpc) is 3.16. The maximum Gasteiger partial charge on any atom is 0.244 e. The molecular weight excluding hydrogens is 344 g/mol. The van der Waals surface area contributed by atoms with Gasteiger partial charge in [-0.05, 0) is 42.5 Å². The van der Waals surface area contributed by atoms with Crippen molar-refractivity contribution in [3.05, 3.63) is 63.4 Å². The Bertz CT molecular complexity index is 749. The number of benzene rings is 1. The van der Waals surface area contributed by atoms with Crippen LogP contribution in [0.25, 0.3) is 6.08 Å². The van der Waals surface area contributed by atoms with E-state index in [1.165, 1.54) is 16.0 Å². The van der Waals surface area contributed by atoms with Crippen LogP contribution in [0.1, 0.15) is 27.6 Å². The molecule has 0 aliphatic carbocycles. The fourth-order valence-electron chi connectivity index (χ4n) is 3.21. The first kappa shape index (κ1) is 18.8. The molecule has 0 spiro atoms. The molecule has 2 aromatic rings. The van der Waals surface area contributed by atoms with Gasteiger partial charge in [-0.15, -0.1) is 11.3 Å². The third-order valence-corrected chi connectivity index (χ3v) is 5.64. The van der Waals surface area contributed by atoms with E-state index in [-0.39, 0.29) is 11.9 Å². The Kier molecular flexibility index (Phi) is 6.61. The number of amides is 1. The lowest BCUT2D eigenvalue weighted by Crippen LogP contribution is -2.43. The molecule has 138 valence electrons. The zero-order valence-corrected chi connectivity index (χ0v) is 16.2. The molecule has 0 saturated carbocycles. The molecule has 1 fully saturated rings. The van der Waals surface area contributed by atoms with E-state index in [2.05, 4.69) is 59.8 Å². The first-order valence-corrected chi connectivity index (χ1v) is 9.90. The van der Waals surface area contributed by atoms with Crippen molar-refractivity contribution in [2.45, 2.75) is 19.9 Å². The Labute approximate surface area is 159 Å². The van der Waals surface area contributed by atoms with Crippen LogP contribution >= 0.6 is 11.3 Å². The van der Waals surface area contributed by atoms with Crippen LogP contribution in [-0.2, 0) is 9.53 Å². The monoisotopic (exact) mass is 370 g/mol. The molecule has 1 atom stereocenters. The van der Waals surface area contributed by atoms with Crippen molar-refractivity contribution in [2.75, 3.05) is 32.8 Å². The Morgan fingerprint density at radius 1 is 1.31 bits per heavy atom. The minimum absolute atomic E-state index is 0.0557. The van der Waals surface area contributed by atoms with Gasteiger partial charge in [0.25, 0.3) is 0 Å². The quantitative estimate of drug-likeness (QED) is 0.791. The van der Waals surface area contributed by atoms with Gasteiger partial charge in [-0.1, -0.05) is 29.8 Å². The lowest BCUT2D eigenvalue weighted by Gasteiger charge is -2.34. The highest BCUT2D eigenvalue weighted by Gasteiger charge is 2.23. The van der Waals surface area contributed by atoms with Crippen molar-refractivity contribution in [1.29, 1.82) is 0 Å². The van der Waals surface area contributed by atoms with Crippen LogP contribution in [0.2, 0.25) is 0 Å². The molecule has 1 aromatic heterocycles. The van der Waals surface area contributed by atoms with E-state index in [0.717, 1.165) is 31.9 Å². The van der Waals surface area contributed by atoms with Gasteiger partial charge < -0.3 is 10.1 Å². The van der Waals surface area contributed by atoms with Crippen molar-refractivity contribution in [1.82, 2.24) is 10.2 Å². The highest BCUT2D eigenvalue weighted by atomic mass is 32.1. The number of hydrogen-bond donors (Lipinski definition) is 1. The van der Waals surface area contributed by atoms with Gasteiger partial charge in [0.15, 0.2) is 0 Å². The number of thiophene rings is 1. The van der Waals surface area contributed by atoms with E-state index in [9.17, 15) is 4.79 Å². The third kappa shape index (κ3) is 5.04. The summed E-state index contributed by atoms with van der Waals surface area (Å²) < 4.78 is 5.46. The van der Waals surface area contributed by atoms with E-state index in [1.54, 1.807) is 17.4 Å². The number of carbonyl (C=O) groups excluding carboxylic acids is 1. The number of nitrogens with one attached hydrogen (secondary N) is 1. The van der Waals surface area contributed by atoms with Gasteiger partial charge in [0, 0.05) is 30.6 Å². The van der Waals surface area contributed by atoms with Crippen molar-refractivity contribution in [2.24, 2.45) is 0 Å². The molecule has 26 heavy (non-hydrogen) atoms. The second kappa shape index (κ2) is 9.12. The Morgan fingerprint density at radius 2 is 2.12 bits per heavy atom. The van der Waals surface area contributed by atoms with E-state index in [4.69, 9.17) is 4.74 Å². The van der Waals surface area contributed by atoms with Crippen LogP contribution < -0.4 is 5.32 Å². The summed E-state index contributed by atoms with van der Waals surface area (Å²) >= 11 is 1.74. The molecule has 0 bridgehead atoms. The molecule has 0 radical (unpaired) electrons. The minimum Gasteiger partial charge on any atom is -0.379 e. The lowest BCUT2D eigenvalue weighted by atomic mass is 10.1. The minimum atomic E-state index is -0.0557. The Morgan fingerprint density at radius 3 is 2.81 bits per heavy atom. The zero-order chi connectivity index (χ0) is 18.4. The second-order valence-electron chi connectivity index (χ2n) is 6.62. The predicted molar refractivity (Wildman–Crippen MR) is 107 cm³/mol. The molecule has 4 nitrogen and oxygen atoms in total. The number of hydrogen-bond acceptors (Lipinski definition) is 4. The summed E-state index contributed by atoms with van der Waals surface area (Å²) in [6.45, 7) is 8.05. The molecule has 5 heteroatoms. The van der Waals surface area contributed by atoms with Crippen LogP contribution in [0.15, 0.2) is 41.8 Å². The van der Waals surface area contributed by atoms with E-state index < -0.39 is 0 Å². The SMILES string of the molecule is Cc1ccc(/C=C\C(=O)NC[C@@H](c2cccs2)N2CCOCC2)c(C)c1. The molecule has 2 heterocycles. The number of carbonyl (C=O) groups is 1. The molecule has 1 aliphatic rings. The van der Waals surface area contributed by atoms with Crippen molar-refractivity contribution in [3.8, 4) is 0 Å². The number of rotatable bonds is 6. The summed E-state index contributed by atoms with van der Waals surface area (Å²) in [5.41, 5.74) is 3.49. The highest BCUT2D eigenvalue weighted by Crippen LogP contribution is 2.25. The van der Waals surface area contributed by atoms with Gasteiger partial charge in [-0.3, -0.25) is 9.69 Å². The predicted octanol–water partition coefficient (Wildman–Crippen LogP) is 3.57. The van der Waals surface area contributed by atoms with E-state index in [0.29, 0.717) is 6.54 Å². The van der Waals surface area contributed by atoms with Gasteiger partial charge in [-0.25, -0.2) is 0 Å². The molecular formula is C21H26N2O2S. The smallest absolute Gasteiger partial charge is 0.244 e. The fraction of sp³-hybridized carbons (Fsp3) is 0.381. The Balaban J connectivity index is 1.61. The molecule has 1 N–H and O–H groups in total. The molecule has 1 amide bonds. The standard InChI is InChI=1S/C21H26N2O2S/c1-16-5-6-18(17(2)14-16)7-8-21(24)22-15-19(20-4-3-13-26-20)23-9-11-25-12-10-23/h3-8,13-14,19H,9-12,15H2,1-2H3,(H,22,24)/b8-7-/t19-/m0/s1. The van der Waals surface area contributed by atoms with E-state index >= 15 is 0 Å². The molecule has 1 saturated heterocycles. The zero-order valence-electron chi connectivity index (χ0n) is 15.4. The first-order chi connectivity index (χ1) is 12.6. The summed E-state index contributed by atoms with van der Waals surface area (Å²) in [4.78, 5) is 16.0. The van der Waals surface area contributed by atoms with Crippen molar-refractivity contribution >= 4 is 23.3 Å². The van der Waals surface area contributed by atoms with Gasteiger partial charge >= 0.3 is 0 Å². The maximum absolute atomic E-state index is 12.3. The van der Waals surface area contributed by atoms with Crippen LogP contribution in [0.4, 0.5) is 0 Å². The van der Waals surface area contributed by atoms with Crippen LogP contribution in [-0.4, -0.2) is 43.7 Å². The van der Waals surface area contributed by atoms with Crippen molar-refractivity contribution in [3.63, 3.8) is 0 Å². The summed E-state index contributed by atoms with van der Waals surface area (Å²) in [7, 11) is 0. The largest absolute Gasteiger partial charge is 0.379 e. The molecule has 0 unspecified atom stereocenters. The molecule has 3 rings (SSSR count). The number of nitrogens with zero attached hydrogens (tertiary/aromatic N) is 1. The Hall–Kier alpha value is -1.95.